The van der Waals surface area contributed by atoms with E-state index in [4.69, 9.17) is 0 Å². The predicted octanol–water partition coefficient (Wildman–Crippen LogP) is 0.542. The lowest BCUT2D eigenvalue weighted by Crippen LogP contribution is -2.21. The van der Waals surface area contributed by atoms with Crippen molar-refractivity contribution in [3.8, 4) is 0 Å². The number of hydrogen-bond donors (Lipinski definition) is 1. The molecule has 0 saturated carbocycles. The minimum Gasteiger partial charge on any atom is -0.283 e. The Morgan fingerprint density at radius 2 is 2.60 bits per heavy atom. The van der Waals surface area contributed by atoms with Gasteiger partial charge < -0.3 is 0 Å². The van der Waals surface area contributed by atoms with Gasteiger partial charge in [0.25, 0.3) is 0 Å². The number of nitrogens with one attached hydrogen (secondary N) is 1. The maximum absolute atomic E-state index is 10.8. The Kier molecular flexibility index (Phi) is 1.89. The van der Waals surface area contributed by atoms with Crippen LogP contribution in [0, 0.1) is 0 Å². The van der Waals surface area contributed by atoms with Gasteiger partial charge in [0.05, 0.1) is 6.04 Å². The molecular weight excluding hydrogens is 130 g/mol. The van der Waals surface area contributed by atoms with E-state index in [1.165, 1.54) is 11.0 Å². The minimum atomic E-state index is -0.200. The van der Waals surface area contributed by atoms with Crippen LogP contribution >= 0.6 is 0 Å². The second-order valence-corrected chi connectivity index (χ2v) is 2.30. The van der Waals surface area contributed by atoms with Gasteiger partial charge in [-0.25, -0.2) is 9.48 Å². The number of H-pyrrole nitrogens is 1. The van der Waals surface area contributed by atoms with Crippen LogP contribution in [0.15, 0.2) is 11.1 Å². The number of aromatic amines is 1. The molecule has 4 heteroatoms. The maximum Gasteiger partial charge on any atom is 0.363 e. The van der Waals surface area contributed by atoms with Crippen molar-refractivity contribution in [2.24, 2.45) is 0 Å². The normalized spacial score (nSPS) is 13.4. The molecule has 0 aliphatic heterocycles. The molecule has 1 heterocycles. The van der Waals surface area contributed by atoms with Crippen LogP contribution in [0.1, 0.15) is 26.3 Å². The van der Waals surface area contributed by atoms with E-state index in [1.807, 2.05) is 13.8 Å². The summed E-state index contributed by atoms with van der Waals surface area (Å²) in [5.41, 5.74) is -0.200. The monoisotopic (exact) mass is 141 g/mol. The van der Waals surface area contributed by atoms with E-state index in [-0.39, 0.29) is 11.7 Å². The minimum absolute atomic E-state index is 0.200. The van der Waals surface area contributed by atoms with Crippen LogP contribution in [0.4, 0.5) is 0 Å². The number of aromatic nitrogens is 3. The third-order valence-corrected chi connectivity index (χ3v) is 1.61. The Morgan fingerprint density at radius 1 is 1.90 bits per heavy atom. The third-order valence-electron chi connectivity index (χ3n) is 1.61. The molecule has 10 heavy (non-hydrogen) atoms. The molecular formula is C6H11N3O. The number of hydrogen-bond acceptors (Lipinski definition) is 2. The standard InChI is InChI=1S/C6H11N3O/c1-3-5(2)9-6(10)7-4-8-9/h4-5H,3H2,1-2H3,(H,7,8,10). The molecule has 4 nitrogen and oxygen atoms in total. The zero-order chi connectivity index (χ0) is 7.56. The molecule has 0 spiro atoms. The van der Waals surface area contributed by atoms with Gasteiger partial charge in [-0.05, 0) is 13.3 Å². The van der Waals surface area contributed by atoms with Gasteiger partial charge in [-0.3, -0.25) is 5.10 Å². The molecule has 0 amide bonds. The first-order chi connectivity index (χ1) is 4.75. The fourth-order valence-electron chi connectivity index (χ4n) is 0.762. The first-order valence-electron chi connectivity index (χ1n) is 3.37. The van der Waals surface area contributed by atoms with Crippen molar-refractivity contribution in [2.45, 2.75) is 26.3 Å². The third kappa shape index (κ3) is 1.10. The largest absolute Gasteiger partial charge is 0.363 e. The van der Waals surface area contributed by atoms with Crippen LogP contribution in [-0.2, 0) is 0 Å². The second kappa shape index (κ2) is 2.68. The quantitative estimate of drug-likeness (QED) is 0.653. The van der Waals surface area contributed by atoms with Gasteiger partial charge in [-0.2, -0.15) is 4.98 Å². The SMILES string of the molecule is CCC(C)n1[nH]cnc1=O. The highest BCUT2D eigenvalue weighted by Gasteiger charge is 2.03. The van der Waals surface area contributed by atoms with Gasteiger partial charge in [0.2, 0.25) is 0 Å². The average molecular weight is 141 g/mol. The molecule has 0 saturated heterocycles. The molecule has 0 fully saturated rings. The zero-order valence-corrected chi connectivity index (χ0v) is 6.16. The van der Waals surface area contributed by atoms with E-state index in [9.17, 15) is 4.79 Å². The molecule has 56 valence electrons. The van der Waals surface area contributed by atoms with Crippen molar-refractivity contribution >= 4 is 0 Å². The Morgan fingerprint density at radius 3 is 3.00 bits per heavy atom. The van der Waals surface area contributed by atoms with Gasteiger partial charge in [-0.1, -0.05) is 6.92 Å². The Hall–Kier alpha value is -1.06. The first kappa shape index (κ1) is 7.05. The average Bonchev–Trinajstić information content (AvgIpc) is 2.34. The highest BCUT2D eigenvalue weighted by Crippen LogP contribution is 2.02. The first-order valence-corrected chi connectivity index (χ1v) is 3.37. The maximum atomic E-state index is 10.8. The molecule has 0 radical (unpaired) electrons. The fraction of sp³-hybridized carbons (Fsp3) is 0.667. The summed E-state index contributed by atoms with van der Waals surface area (Å²) in [7, 11) is 0. The summed E-state index contributed by atoms with van der Waals surface area (Å²) in [4.78, 5) is 14.4. The van der Waals surface area contributed by atoms with Crippen molar-refractivity contribution in [3.63, 3.8) is 0 Å². The van der Waals surface area contributed by atoms with E-state index in [0.717, 1.165) is 6.42 Å². The van der Waals surface area contributed by atoms with Crippen LogP contribution in [-0.4, -0.2) is 14.8 Å². The zero-order valence-electron chi connectivity index (χ0n) is 6.16. The molecule has 0 bridgehead atoms. The van der Waals surface area contributed by atoms with Crippen molar-refractivity contribution < 1.29 is 0 Å². The Labute approximate surface area is 58.9 Å². The van der Waals surface area contributed by atoms with Crippen molar-refractivity contribution in [1.29, 1.82) is 0 Å². The summed E-state index contributed by atoms with van der Waals surface area (Å²) in [5.74, 6) is 0. The molecule has 1 N–H and O–H groups in total. The lowest BCUT2D eigenvalue weighted by molar-refractivity contribution is 0.463. The molecule has 1 aromatic rings. The Bertz CT molecular complexity index is 249. The van der Waals surface area contributed by atoms with Crippen LogP contribution in [0.5, 0.6) is 0 Å². The Balaban J connectivity index is 2.93. The summed E-state index contributed by atoms with van der Waals surface area (Å²) in [6.07, 6.45) is 2.34. The van der Waals surface area contributed by atoms with Crippen LogP contribution in [0.3, 0.4) is 0 Å². The molecule has 1 rings (SSSR count). The highest BCUT2D eigenvalue weighted by atomic mass is 16.1. The summed E-state index contributed by atoms with van der Waals surface area (Å²) >= 11 is 0. The van der Waals surface area contributed by atoms with E-state index in [0.29, 0.717) is 0 Å². The van der Waals surface area contributed by atoms with Crippen molar-refractivity contribution in [3.05, 3.63) is 16.8 Å². The molecule has 1 aromatic heterocycles. The van der Waals surface area contributed by atoms with Gasteiger partial charge in [0, 0.05) is 0 Å². The van der Waals surface area contributed by atoms with Crippen molar-refractivity contribution in [2.75, 3.05) is 0 Å². The van der Waals surface area contributed by atoms with Crippen molar-refractivity contribution in [1.82, 2.24) is 14.8 Å². The highest BCUT2D eigenvalue weighted by molar-refractivity contribution is 4.65. The second-order valence-electron chi connectivity index (χ2n) is 2.30. The molecule has 0 aromatic carbocycles. The smallest absolute Gasteiger partial charge is 0.283 e. The van der Waals surface area contributed by atoms with Crippen LogP contribution in [0.25, 0.3) is 0 Å². The topological polar surface area (TPSA) is 50.7 Å². The van der Waals surface area contributed by atoms with E-state index < -0.39 is 0 Å². The van der Waals surface area contributed by atoms with Gasteiger partial charge in [-0.15, -0.1) is 0 Å². The number of nitrogens with zero attached hydrogens (tertiary/aromatic N) is 2. The number of rotatable bonds is 2. The molecule has 0 aliphatic rings. The summed E-state index contributed by atoms with van der Waals surface area (Å²) < 4.78 is 1.51. The lowest BCUT2D eigenvalue weighted by atomic mass is 10.3. The molecule has 1 unspecified atom stereocenters. The predicted molar refractivity (Wildman–Crippen MR) is 37.8 cm³/mol. The van der Waals surface area contributed by atoms with E-state index in [2.05, 4.69) is 10.1 Å². The van der Waals surface area contributed by atoms with E-state index in [1.54, 1.807) is 0 Å². The molecule has 1 atom stereocenters. The fourth-order valence-corrected chi connectivity index (χ4v) is 0.762. The van der Waals surface area contributed by atoms with Crippen LogP contribution in [0.2, 0.25) is 0 Å². The summed E-state index contributed by atoms with van der Waals surface area (Å²) in [6.45, 7) is 4.00. The summed E-state index contributed by atoms with van der Waals surface area (Å²) in [6, 6.07) is 0.218. The summed E-state index contributed by atoms with van der Waals surface area (Å²) in [5, 5.41) is 2.75. The van der Waals surface area contributed by atoms with Gasteiger partial charge >= 0.3 is 5.69 Å². The van der Waals surface area contributed by atoms with Gasteiger partial charge in [0.1, 0.15) is 6.33 Å². The van der Waals surface area contributed by atoms with Gasteiger partial charge in [0.15, 0.2) is 0 Å². The van der Waals surface area contributed by atoms with E-state index >= 15 is 0 Å². The molecule has 0 aliphatic carbocycles. The van der Waals surface area contributed by atoms with Crippen LogP contribution < -0.4 is 5.69 Å². The lowest BCUT2D eigenvalue weighted by Gasteiger charge is -2.06.